The number of hydrogen-bond acceptors (Lipinski definition) is 3. The number of oxazole rings is 1. The van der Waals surface area contributed by atoms with Gasteiger partial charge in [-0.15, -0.1) is 0 Å². The molecule has 1 aliphatic rings. The largest absolute Gasteiger partial charge is 0.438 e. The van der Waals surface area contributed by atoms with Crippen molar-refractivity contribution in [1.82, 2.24) is 4.98 Å². The van der Waals surface area contributed by atoms with Gasteiger partial charge in [0.25, 0.3) is 0 Å². The molecule has 2 N–H and O–H groups in total. The Morgan fingerprint density at radius 2 is 2.16 bits per heavy atom. The normalized spacial score (nSPS) is 27.8. The molecule has 3 nitrogen and oxygen atoms in total. The minimum atomic E-state index is -0.102. The first-order valence-electron chi connectivity index (χ1n) is 6.90. The molecule has 0 amide bonds. The van der Waals surface area contributed by atoms with E-state index in [1.54, 1.807) is 0 Å². The van der Waals surface area contributed by atoms with Crippen LogP contribution in [0.2, 0.25) is 5.02 Å². The number of nitrogens with zero attached hydrogens (tertiary/aromatic N) is 1. The number of para-hydroxylation sites is 1. The number of nitrogens with two attached hydrogens (primary N) is 1. The minimum absolute atomic E-state index is 0.102. The lowest BCUT2D eigenvalue weighted by Gasteiger charge is -2.35. The monoisotopic (exact) mass is 278 g/mol. The number of aromatic nitrogens is 1. The fourth-order valence-electron chi connectivity index (χ4n) is 2.96. The summed E-state index contributed by atoms with van der Waals surface area (Å²) in [5, 5.41) is 0.618. The molecule has 1 saturated carbocycles. The van der Waals surface area contributed by atoms with E-state index in [0.29, 0.717) is 17.2 Å². The van der Waals surface area contributed by atoms with Crippen LogP contribution in [0.1, 0.15) is 38.5 Å². The summed E-state index contributed by atoms with van der Waals surface area (Å²) in [5.41, 5.74) is 7.45. The van der Waals surface area contributed by atoms with Crippen molar-refractivity contribution in [2.75, 3.05) is 6.54 Å². The van der Waals surface area contributed by atoms with Crippen molar-refractivity contribution in [2.45, 2.75) is 38.0 Å². The molecule has 1 aromatic carbocycles. The first kappa shape index (κ1) is 12.9. The quantitative estimate of drug-likeness (QED) is 0.907. The minimum Gasteiger partial charge on any atom is -0.438 e. The Morgan fingerprint density at radius 1 is 1.42 bits per heavy atom. The summed E-state index contributed by atoms with van der Waals surface area (Å²) >= 11 is 6.16. The molecule has 1 fully saturated rings. The predicted octanol–water partition coefficient (Wildman–Crippen LogP) is 3.89. The van der Waals surface area contributed by atoms with Crippen molar-refractivity contribution in [3.8, 4) is 0 Å². The number of rotatable bonds is 2. The third kappa shape index (κ3) is 2.15. The zero-order valence-electron chi connectivity index (χ0n) is 11.2. The molecule has 3 rings (SSSR count). The van der Waals surface area contributed by atoms with Crippen molar-refractivity contribution in [3.63, 3.8) is 0 Å². The van der Waals surface area contributed by atoms with Crippen molar-refractivity contribution in [1.29, 1.82) is 0 Å². The summed E-state index contributed by atoms with van der Waals surface area (Å²) in [5.74, 6) is 1.54. The number of benzene rings is 1. The summed E-state index contributed by atoms with van der Waals surface area (Å²) in [4.78, 5) is 4.63. The van der Waals surface area contributed by atoms with Gasteiger partial charge < -0.3 is 10.2 Å². The second kappa shape index (κ2) is 4.80. The van der Waals surface area contributed by atoms with E-state index in [2.05, 4.69) is 11.9 Å². The number of hydrogen-bond donors (Lipinski definition) is 1. The molecule has 0 saturated heterocycles. The van der Waals surface area contributed by atoms with Gasteiger partial charge >= 0.3 is 0 Å². The number of fused-ring (bicyclic) bond motifs is 1. The van der Waals surface area contributed by atoms with E-state index in [1.807, 2.05) is 18.2 Å². The molecule has 1 aliphatic carbocycles. The predicted molar refractivity (Wildman–Crippen MR) is 77.4 cm³/mol. The van der Waals surface area contributed by atoms with Gasteiger partial charge in [-0.3, -0.25) is 0 Å². The third-order valence-corrected chi connectivity index (χ3v) is 4.74. The molecule has 0 aliphatic heterocycles. The maximum absolute atomic E-state index is 6.16. The molecule has 0 spiro atoms. The molecular formula is C15H19ClN2O. The Kier molecular flexibility index (Phi) is 3.27. The zero-order valence-corrected chi connectivity index (χ0v) is 11.9. The van der Waals surface area contributed by atoms with Crippen molar-refractivity contribution in [2.24, 2.45) is 11.7 Å². The van der Waals surface area contributed by atoms with Crippen LogP contribution >= 0.6 is 11.6 Å². The van der Waals surface area contributed by atoms with Gasteiger partial charge in [-0.2, -0.15) is 0 Å². The molecule has 1 heterocycles. The topological polar surface area (TPSA) is 52.0 Å². The van der Waals surface area contributed by atoms with E-state index < -0.39 is 0 Å². The summed E-state index contributed by atoms with van der Waals surface area (Å²) < 4.78 is 5.94. The van der Waals surface area contributed by atoms with Crippen LogP contribution in [0.3, 0.4) is 0 Å². The highest BCUT2D eigenvalue weighted by Crippen LogP contribution is 2.41. The lowest BCUT2D eigenvalue weighted by atomic mass is 9.71. The molecule has 19 heavy (non-hydrogen) atoms. The second-order valence-electron chi connectivity index (χ2n) is 5.77. The van der Waals surface area contributed by atoms with Gasteiger partial charge in [0, 0.05) is 6.54 Å². The van der Waals surface area contributed by atoms with E-state index in [-0.39, 0.29) is 5.41 Å². The van der Waals surface area contributed by atoms with E-state index in [0.717, 1.165) is 30.2 Å². The van der Waals surface area contributed by atoms with Crippen LogP contribution in [0.25, 0.3) is 11.1 Å². The molecule has 0 unspecified atom stereocenters. The number of halogens is 1. The van der Waals surface area contributed by atoms with Gasteiger partial charge in [0.2, 0.25) is 5.89 Å². The van der Waals surface area contributed by atoms with Crippen LogP contribution in [-0.4, -0.2) is 11.5 Å². The van der Waals surface area contributed by atoms with Gasteiger partial charge in [-0.1, -0.05) is 24.6 Å². The van der Waals surface area contributed by atoms with E-state index in [9.17, 15) is 0 Å². The molecule has 102 valence electrons. The van der Waals surface area contributed by atoms with Crippen LogP contribution in [0.5, 0.6) is 0 Å². The first-order valence-corrected chi connectivity index (χ1v) is 7.28. The molecule has 0 atom stereocenters. The molecule has 2 aromatic rings. The average molecular weight is 279 g/mol. The first-order chi connectivity index (χ1) is 9.14. The lowest BCUT2D eigenvalue weighted by molar-refractivity contribution is 0.210. The molecule has 0 radical (unpaired) electrons. The highest BCUT2D eigenvalue weighted by atomic mass is 35.5. The summed E-state index contributed by atoms with van der Waals surface area (Å²) in [7, 11) is 0. The maximum atomic E-state index is 6.16. The van der Waals surface area contributed by atoms with Gasteiger partial charge in [0.1, 0.15) is 5.52 Å². The van der Waals surface area contributed by atoms with Crippen molar-refractivity contribution in [3.05, 3.63) is 29.1 Å². The molecule has 0 bridgehead atoms. The third-order valence-electron chi connectivity index (χ3n) is 4.44. The molecule has 1 aromatic heterocycles. The Hall–Kier alpha value is -1.06. The van der Waals surface area contributed by atoms with Crippen LogP contribution in [-0.2, 0) is 5.41 Å². The van der Waals surface area contributed by atoms with Gasteiger partial charge in [-0.25, -0.2) is 4.98 Å². The van der Waals surface area contributed by atoms with Crippen molar-refractivity contribution >= 4 is 22.7 Å². The Balaban J connectivity index is 2.04. The standard InChI is InChI=1S/C15H19ClN2O/c1-10-5-7-15(9-17,8-6-10)14-18-12-4-2-3-11(16)13(12)19-14/h2-4,10H,5-9,17H2,1H3. The van der Waals surface area contributed by atoms with Gasteiger partial charge in [0.15, 0.2) is 5.58 Å². The van der Waals surface area contributed by atoms with Crippen molar-refractivity contribution < 1.29 is 4.42 Å². The van der Waals surface area contributed by atoms with Crippen LogP contribution < -0.4 is 5.73 Å². The Bertz CT molecular complexity index is 585. The fraction of sp³-hybridized carbons (Fsp3) is 0.533. The zero-order chi connectivity index (χ0) is 13.5. The Labute approximate surface area is 118 Å². The molecule has 4 heteroatoms. The summed E-state index contributed by atoms with van der Waals surface area (Å²) in [6, 6.07) is 5.66. The SMILES string of the molecule is CC1CCC(CN)(c2nc3cccc(Cl)c3o2)CC1. The van der Waals surface area contributed by atoms with Crippen LogP contribution in [0, 0.1) is 5.92 Å². The lowest BCUT2D eigenvalue weighted by Crippen LogP contribution is -2.38. The summed E-state index contributed by atoms with van der Waals surface area (Å²) in [6.07, 6.45) is 4.47. The highest BCUT2D eigenvalue weighted by Gasteiger charge is 2.39. The average Bonchev–Trinajstić information content (AvgIpc) is 2.86. The van der Waals surface area contributed by atoms with Crippen LogP contribution in [0.15, 0.2) is 22.6 Å². The molecular weight excluding hydrogens is 260 g/mol. The van der Waals surface area contributed by atoms with Crippen LogP contribution in [0.4, 0.5) is 0 Å². The Morgan fingerprint density at radius 3 is 2.79 bits per heavy atom. The van der Waals surface area contributed by atoms with Gasteiger partial charge in [-0.05, 0) is 43.7 Å². The van der Waals surface area contributed by atoms with E-state index in [4.69, 9.17) is 21.8 Å². The second-order valence-corrected chi connectivity index (χ2v) is 6.18. The van der Waals surface area contributed by atoms with E-state index >= 15 is 0 Å². The smallest absolute Gasteiger partial charge is 0.203 e. The highest BCUT2D eigenvalue weighted by molar-refractivity contribution is 6.34. The van der Waals surface area contributed by atoms with E-state index in [1.165, 1.54) is 12.8 Å². The van der Waals surface area contributed by atoms with Gasteiger partial charge in [0.05, 0.1) is 10.4 Å². The maximum Gasteiger partial charge on any atom is 0.203 e. The fourth-order valence-corrected chi connectivity index (χ4v) is 3.17. The summed E-state index contributed by atoms with van der Waals surface area (Å²) in [6.45, 7) is 2.88.